The molecule has 1 aromatic carbocycles. The lowest BCUT2D eigenvalue weighted by Crippen LogP contribution is -2.31. The van der Waals surface area contributed by atoms with Gasteiger partial charge in [0.25, 0.3) is 5.76 Å². The third kappa shape index (κ3) is 4.10. The predicted molar refractivity (Wildman–Crippen MR) is 91.8 cm³/mol. The van der Waals surface area contributed by atoms with Crippen molar-refractivity contribution in [3.63, 3.8) is 0 Å². The average Bonchev–Trinajstić information content (AvgIpc) is 3.16. The highest BCUT2D eigenvalue weighted by Crippen LogP contribution is 2.59. The molecule has 0 aromatic heterocycles. The van der Waals surface area contributed by atoms with E-state index in [-0.39, 0.29) is 39.6 Å². The maximum Gasteiger partial charge on any atom is 0.289 e. The summed E-state index contributed by atoms with van der Waals surface area (Å²) in [5, 5.41) is 6.32. The van der Waals surface area contributed by atoms with Gasteiger partial charge in [0.15, 0.2) is 0 Å². The van der Waals surface area contributed by atoms with E-state index in [2.05, 4.69) is 10.6 Å². The molecule has 1 aromatic rings. The van der Waals surface area contributed by atoms with E-state index in [1.54, 1.807) is 18.2 Å². The molecular weight excluding hydrogens is 365 g/mol. The van der Waals surface area contributed by atoms with Gasteiger partial charge in [0, 0.05) is 5.92 Å². The van der Waals surface area contributed by atoms with Crippen LogP contribution >= 0.6 is 35.8 Å². The number of hydrogen-bond donors (Lipinski definition) is 2. The van der Waals surface area contributed by atoms with Crippen LogP contribution in [0.5, 0.6) is 0 Å². The first kappa shape index (κ1) is 18.8. The average molecular weight is 383 g/mol. The van der Waals surface area contributed by atoms with Gasteiger partial charge in [-0.2, -0.15) is 8.78 Å². The molecular formula is C15H18Cl2F2N2OS. The van der Waals surface area contributed by atoms with E-state index < -0.39 is 5.76 Å². The first-order valence-corrected chi connectivity index (χ1v) is 8.52. The molecule has 23 heavy (non-hydrogen) atoms. The summed E-state index contributed by atoms with van der Waals surface area (Å²) in [6, 6.07) is 4.82. The van der Waals surface area contributed by atoms with Crippen molar-refractivity contribution in [2.24, 2.45) is 11.3 Å². The molecule has 0 bridgehead atoms. The van der Waals surface area contributed by atoms with Gasteiger partial charge >= 0.3 is 0 Å². The second-order valence-corrected chi connectivity index (χ2v) is 7.26. The van der Waals surface area contributed by atoms with Crippen LogP contribution in [0.15, 0.2) is 23.1 Å². The molecule has 2 fully saturated rings. The van der Waals surface area contributed by atoms with Gasteiger partial charge in [-0.25, -0.2) is 0 Å². The Morgan fingerprint density at radius 2 is 2.09 bits per heavy atom. The summed E-state index contributed by atoms with van der Waals surface area (Å²) in [7, 11) is 0. The lowest BCUT2D eigenvalue weighted by atomic mass is 9.92. The molecule has 128 valence electrons. The number of rotatable bonds is 4. The van der Waals surface area contributed by atoms with Crippen molar-refractivity contribution in [3.05, 3.63) is 23.2 Å². The number of piperidine rings is 1. The van der Waals surface area contributed by atoms with Crippen molar-refractivity contribution in [2.75, 3.05) is 18.4 Å². The number of halogens is 4. The third-order valence-electron chi connectivity index (χ3n) is 4.54. The van der Waals surface area contributed by atoms with Gasteiger partial charge in [-0.1, -0.05) is 29.4 Å². The first-order valence-electron chi connectivity index (χ1n) is 7.27. The van der Waals surface area contributed by atoms with E-state index in [9.17, 15) is 13.6 Å². The summed E-state index contributed by atoms with van der Waals surface area (Å²) in [6.07, 6.45) is 2.89. The molecule has 1 saturated carbocycles. The van der Waals surface area contributed by atoms with E-state index in [1.165, 1.54) is 0 Å². The van der Waals surface area contributed by atoms with Crippen LogP contribution in [0.25, 0.3) is 0 Å². The normalized spacial score (nSPS) is 21.8. The lowest BCUT2D eigenvalue weighted by molar-refractivity contribution is -0.118. The number of carbonyl (C=O) groups is 1. The van der Waals surface area contributed by atoms with Crippen LogP contribution in [0, 0.1) is 11.3 Å². The highest BCUT2D eigenvalue weighted by Gasteiger charge is 2.57. The van der Waals surface area contributed by atoms with Crippen LogP contribution in [-0.2, 0) is 4.79 Å². The Kier molecular flexibility index (Phi) is 6.16. The molecule has 3 rings (SSSR count). The summed E-state index contributed by atoms with van der Waals surface area (Å²) in [5.74, 6) is -2.68. The summed E-state index contributed by atoms with van der Waals surface area (Å²) >= 11 is 6.34. The summed E-state index contributed by atoms with van der Waals surface area (Å²) in [6.45, 7) is 1.88. The molecule has 1 heterocycles. The van der Waals surface area contributed by atoms with Crippen LogP contribution in [0.3, 0.4) is 0 Å². The monoisotopic (exact) mass is 382 g/mol. The number of thioether (sulfide) groups is 1. The molecule has 1 spiro atoms. The number of amides is 1. The van der Waals surface area contributed by atoms with Crippen LogP contribution in [-0.4, -0.2) is 24.8 Å². The molecule has 1 atom stereocenters. The minimum absolute atomic E-state index is 0. The number of alkyl halides is 2. The van der Waals surface area contributed by atoms with Crippen molar-refractivity contribution in [1.82, 2.24) is 5.32 Å². The molecule has 1 saturated heterocycles. The molecule has 1 aliphatic carbocycles. The Bertz CT molecular complexity index is 583. The van der Waals surface area contributed by atoms with Crippen LogP contribution in [0.2, 0.25) is 5.02 Å². The minimum atomic E-state index is -2.58. The predicted octanol–water partition coefficient (Wildman–Crippen LogP) is 4.40. The van der Waals surface area contributed by atoms with Gasteiger partial charge < -0.3 is 10.6 Å². The topological polar surface area (TPSA) is 41.1 Å². The van der Waals surface area contributed by atoms with E-state index in [0.717, 1.165) is 32.4 Å². The Labute approximate surface area is 149 Å². The van der Waals surface area contributed by atoms with E-state index in [4.69, 9.17) is 11.6 Å². The fourth-order valence-corrected chi connectivity index (χ4v) is 4.14. The smallest absolute Gasteiger partial charge is 0.289 e. The third-order valence-corrected chi connectivity index (χ3v) is 5.82. The van der Waals surface area contributed by atoms with Gasteiger partial charge in [-0.3, -0.25) is 4.79 Å². The largest absolute Gasteiger partial charge is 0.325 e. The zero-order chi connectivity index (χ0) is 15.7. The SMILES string of the molecule is Cl.O=C(Nc1cccc(Cl)c1SC(F)F)C1CC12CCNCC2. The number of benzene rings is 1. The number of hydrogen-bond acceptors (Lipinski definition) is 3. The van der Waals surface area contributed by atoms with Crippen LogP contribution in [0.4, 0.5) is 14.5 Å². The second-order valence-electron chi connectivity index (χ2n) is 5.85. The van der Waals surface area contributed by atoms with Crippen LogP contribution in [0.1, 0.15) is 19.3 Å². The molecule has 0 radical (unpaired) electrons. The molecule has 1 aliphatic heterocycles. The molecule has 3 nitrogen and oxygen atoms in total. The summed E-state index contributed by atoms with van der Waals surface area (Å²) in [5.41, 5.74) is 0.489. The zero-order valence-electron chi connectivity index (χ0n) is 12.3. The van der Waals surface area contributed by atoms with Crippen molar-refractivity contribution >= 4 is 47.4 Å². The maximum absolute atomic E-state index is 12.7. The van der Waals surface area contributed by atoms with Crippen LogP contribution < -0.4 is 10.6 Å². The highest BCUT2D eigenvalue weighted by atomic mass is 35.5. The molecule has 2 N–H and O–H groups in total. The highest BCUT2D eigenvalue weighted by molar-refractivity contribution is 7.99. The van der Waals surface area contributed by atoms with E-state index >= 15 is 0 Å². The number of carbonyl (C=O) groups excluding carboxylic acids is 1. The Morgan fingerprint density at radius 1 is 1.39 bits per heavy atom. The molecule has 1 unspecified atom stereocenters. The Morgan fingerprint density at radius 3 is 2.74 bits per heavy atom. The molecule has 2 aliphatic rings. The minimum Gasteiger partial charge on any atom is -0.325 e. The molecule has 8 heteroatoms. The standard InChI is InChI=1S/C15H17ClF2N2OS.ClH/c16-10-2-1-3-11(12(10)22-14(17)18)20-13(21)9-8-15(9)4-6-19-7-5-15;/h1-3,9,14,19H,4-8H2,(H,20,21);1H. The van der Waals surface area contributed by atoms with Gasteiger partial charge in [-0.05, 0) is 49.9 Å². The fourth-order valence-electron chi connectivity index (χ4n) is 3.23. The Hall–Kier alpha value is -0.560. The quantitative estimate of drug-likeness (QED) is 0.757. The van der Waals surface area contributed by atoms with Crippen molar-refractivity contribution in [3.8, 4) is 0 Å². The van der Waals surface area contributed by atoms with Crippen molar-refractivity contribution in [2.45, 2.75) is 29.9 Å². The summed E-state index contributed by atoms with van der Waals surface area (Å²) < 4.78 is 25.3. The molecule has 1 amide bonds. The summed E-state index contributed by atoms with van der Waals surface area (Å²) in [4.78, 5) is 12.7. The maximum atomic E-state index is 12.7. The Balaban J connectivity index is 0.00000192. The number of anilines is 1. The van der Waals surface area contributed by atoms with Gasteiger partial charge in [0.05, 0.1) is 15.6 Å². The van der Waals surface area contributed by atoms with Crippen molar-refractivity contribution in [1.29, 1.82) is 0 Å². The zero-order valence-corrected chi connectivity index (χ0v) is 14.7. The van der Waals surface area contributed by atoms with E-state index in [1.807, 2.05) is 0 Å². The first-order chi connectivity index (χ1) is 10.5. The van der Waals surface area contributed by atoms with Crippen molar-refractivity contribution < 1.29 is 13.6 Å². The van der Waals surface area contributed by atoms with Gasteiger partial charge in [0.2, 0.25) is 5.91 Å². The number of nitrogens with one attached hydrogen (secondary N) is 2. The lowest BCUT2D eigenvalue weighted by Gasteiger charge is -2.23. The fraction of sp³-hybridized carbons (Fsp3) is 0.533. The van der Waals surface area contributed by atoms with Gasteiger partial charge in [-0.15, -0.1) is 12.4 Å². The van der Waals surface area contributed by atoms with Gasteiger partial charge in [0.1, 0.15) is 0 Å². The van der Waals surface area contributed by atoms with E-state index in [0.29, 0.717) is 17.4 Å². The second kappa shape index (κ2) is 7.55.